The Kier molecular flexibility index (Phi) is 5.39. The minimum Gasteiger partial charge on any atom is -0.326 e. The summed E-state index contributed by atoms with van der Waals surface area (Å²) < 4.78 is 0. The van der Waals surface area contributed by atoms with E-state index in [1.165, 1.54) is 0 Å². The van der Waals surface area contributed by atoms with E-state index in [-0.39, 0.29) is 11.8 Å². The van der Waals surface area contributed by atoms with E-state index in [1.54, 1.807) is 4.90 Å². The van der Waals surface area contributed by atoms with E-state index in [0.29, 0.717) is 24.9 Å². The third-order valence-corrected chi connectivity index (χ3v) is 4.80. The number of nitrogens with zero attached hydrogens (tertiary/aromatic N) is 1. The first-order chi connectivity index (χ1) is 12.0. The molecule has 0 radical (unpaired) electrons. The first-order valence-electron chi connectivity index (χ1n) is 8.48. The van der Waals surface area contributed by atoms with Crippen LogP contribution in [0.25, 0.3) is 0 Å². The fourth-order valence-electron chi connectivity index (χ4n) is 2.95. The van der Waals surface area contributed by atoms with Crippen LogP contribution < -0.4 is 10.2 Å². The lowest BCUT2D eigenvalue weighted by Gasteiger charge is -2.16. The van der Waals surface area contributed by atoms with Gasteiger partial charge < -0.3 is 10.2 Å². The first-order valence-corrected chi connectivity index (χ1v) is 8.86. The fraction of sp³-hybridized carbons (Fsp3) is 0.300. The monoisotopic (exact) mass is 356 g/mol. The summed E-state index contributed by atoms with van der Waals surface area (Å²) >= 11 is 6.12. The lowest BCUT2D eigenvalue weighted by molar-refractivity contribution is -0.117. The molecule has 2 aromatic carbocycles. The Morgan fingerprint density at radius 1 is 1.24 bits per heavy atom. The van der Waals surface area contributed by atoms with E-state index in [2.05, 4.69) is 5.32 Å². The Morgan fingerprint density at radius 2 is 2.08 bits per heavy atom. The van der Waals surface area contributed by atoms with Gasteiger partial charge in [0.2, 0.25) is 11.8 Å². The van der Waals surface area contributed by atoms with Crippen LogP contribution >= 0.6 is 11.6 Å². The highest BCUT2D eigenvalue weighted by Gasteiger charge is 2.21. The van der Waals surface area contributed by atoms with E-state index in [4.69, 9.17) is 11.6 Å². The van der Waals surface area contributed by atoms with Crippen molar-refractivity contribution in [1.82, 2.24) is 0 Å². The van der Waals surface area contributed by atoms with Crippen LogP contribution in [0.2, 0.25) is 5.02 Å². The lowest BCUT2D eigenvalue weighted by atomic mass is 10.1. The molecule has 1 N–H and O–H groups in total. The van der Waals surface area contributed by atoms with E-state index in [9.17, 15) is 9.59 Å². The highest BCUT2D eigenvalue weighted by Crippen LogP contribution is 2.24. The molecule has 0 saturated carbocycles. The Bertz CT molecular complexity index is 804. The van der Waals surface area contributed by atoms with Crippen molar-refractivity contribution in [3.05, 3.63) is 58.6 Å². The number of nitrogens with one attached hydrogen (secondary N) is 1. The number of halogens is 1. The minimum absolute atomic E-state index is 0.0541. The summed E-state index contributed by atoms with van der Waals surface area (Å²) in [5, 5.41) is 3.63. The molecular formula is C20H21ClN2O2. The summed E-state index contributed by atoms with van der Waals surface area (Å²) in [6, 6.07) is 13.3. The number of benzene rings is 2. The molecule has 25 heavy (non-hydrogen) atoms. The molecule has 0 spiro atoms. The molecule has 1 heterocycles. The maximum Gasteiger partial charge on any atom is 0.227 e. The average molecular weight is 357 g/mol. The van der Waals surface area contributed by atoms with E-state index < -0.39 is 0 Å². The van der Waals surface area contributed by atoms with Crippen LogP contribution in [0.15, 0.2) is 42.5 Å². The number of carbonyl (C=O) groups excluding carboxylic acids is 2. The van der Waals surface area contributed by atoms with Gasteiger partial charge in [-0.25, -0.2) is 0 Å². The summed E-state index contributed by atoms with van der Waals surface area (Å²) in [6.07, 6.45) is 2.49. The van der Waals surface area contributed by atoms with E-state index in [0.717, 1.165) is 34.8 Å². The third kappa shape index (κ3) is 4.40. The molecule has 1 aliphatic rings. The second-order valence-electron chi connectivity index (χ2n) is 6.33. The summed E-state index contributed by atoms with van der Waals surface area (Å²) in [5.41, 5.74) is 3.63. The van der Waals surface area contributed by atoms with Gasteiger partial charge in [-0.05, 0) is 55.2 Å². The predicted octanol–water partition coefficient (Wildman–Crippen LogP) is 4.35. The molecule has 0 atom stereocenters. The molecule has 3 rings (SSSR count). The predicted molar refractivity (Wildman–Crippen MR) is 101 cm³/mol. The molecule has 5 heteroatoms. The zero-order valence-electron chi connectivity index (χ0n) is 14.2. The summed E-state index contributed by atoms with van der Waals surface area (Å²) in [7, 11) is 0. The van der Waals surface area contributed by atoms with Crippen LogP contribution in [-0.2, 0) is 16.0 Å². The smallest absolute Gasteiger partial charge is 0.227 e. The largest absolute Gasteiger partial charge is 0.326 e. The van der Waals surface area contributed by atoms with Crippen LogP contribution in [0.3, 0.4) is 0 Å². The molecule has 1 fully saturated rings. The van der Waals surface area contributed by atoms with Crippen molar-refractivity contribution in [2.75, 3.05) is 16.8 Å². The zero-order chi connectivity index (χ0) is 17.8. The number of anilines is 2. The number of aryl methyl sites for hydroxylation is 2. The van der Waals surface area contributed by atoms with Crippen LogP contribution in [0.5, 0.6) is 0 Å². The Morgan fingerprint density at radius 3 is 2.80 bits per heavy atom. The molecule has 0 unspecified atom stereocenters. The van der Waals surface area contributed by atoms with Crippen molar-refractivity contribution in [2.24, 2.45) is 0 Å². The number of rotatable bonds is 5. The molecule has 0 aromatic heterocycles. The highest BCUT2D eigenvalue weighted by atomic mass is 35.5. The van der Waals surface area contributed by atoms with Gasteiger partial charge in [-0.1, -0.05) is 29.8 Å². The van der Waals surface area contributed by atoms with Gasteiger partial charge in [0.1, 0.15) is 0 Å². The van der Waals surface area contributed by atoms with E-state index >= 15 is 0 Å². The molecule has 1 saturated heterocycles. The maximum atomic E-state index is 12.2. The molecule has 1 aliphatic heterocycles. The van der Waals surface area contributed by atoms with Crippen LogP contribution in [0.4, 0.5) is 11.4 Å². The topological polar surface area (TPSA) is 49.4 Å². The normalized spacial score (nSPS) is 14.0. The second kappa shape index (κ2) is 7.70. The maximum absolute atomic E-state index is 12.2. The number of carbonyl (C=O) groups is 2. The first kappa shape index (κ1) is 17.5. The Hall–Kier alpha value is -2.33. The van der Waals surface area contributed by atoms with Crippen LogP contribution in [-0.4, -0.2) is 18.4 Å². The van der Waals surface area contributed by atoms with Crippen molar-refractivity contribution in [3.8, 4) is 0 Å². The SMILES string of the molecule is Cc1ccc(CCC(=O)Nc2cccc(N3CCCC3=O)c2)cc1Cl. The highest BCUT2D eigenvalue weighted by molar-refractivity contribution is 6.31. The quantitative estimate of drug-likeness (QED) is 0.866. The molecule has 4 nitrogen and oxygen atoms in total. The van der Waals surface area contributed by atoms with Gasteiger partial charge >= 0.3 is 0 Å². The molecule has 130 valence electrons. The van der Waals surface area contributed by atoms with Crippen LogP contribution in [0.1, 0.15) is 30.4 Å². The molecular weight excluding hydrogens is 336 g/mol. The van der Waals surface area contributed by atoms with Crippen molar-refractivity contribution in [2.45, 2.75) is 32.6 Å². The van der Waals surface area contributed by atoms with Gasteiger partial charge in [-0.3, -0.25) is 9.59 Å². The Balaban J connectivity index is 1.59. The summed E-state index contributed by atoms with van der Waals surface area (Å²) in [4.78, 5) is 25.8. The molecule has 2 aromatic rings. The van der Waals surface area contributed by atoms with Crippen molar-refractivity contribution in [3.63, 3.8) is 0 Å². The standard InChI is InChI=1S/C20H21ClN2O2/c1-14-7-8-15(12-18(14)21)9-10-19(24)22-16-4-2-5-17(13-16)23-11-3-6-20(23)25/h2,4-5,7-8,12-13H,3,6,9-11H2,1H3,(H,22,24). The van der Waals surface area contributed by atoms with E-state index in [1.807, 2.05) is 49.4 Å². The average Bonchev–Trinajstić information content (AvgIpc) is 3.02. The van der Waals surface area contributed by atoms with Gasteiger partial charge in [-0.2, -0.15) is 0 Å². The lowest BCUT2D eigenvalue weighted by Crippen LogP contribution is -2.23. The van der Waals surface area contributed by atoms with Gasteiger partial charge in [0, 0.05) is 35.8 Å². The van der Waals surface area contributed by atoms with Gasteiger partial charge in [0.05, 0.1) is 0 Å². The summed E-state index contributed by atoms with van der Waals surface area (Å²) in [5.74, 6) is 0.0846. The van der Waals surface area contributed by atoms with Gasteiger partial charge in [-0.15, -0.1) is 0 Å². The number of hydrogen-bond acceptors (Lipinski definition) is 2. The van der Waals surface area contributed by atoms with Crippen molar-refractivity contribution >= 4 is 34.8 Å². The molecule has 0 bridgehead atoms. The van der Waals surface area contributed by atoms with Crippen LogP contribution in [0, 0.1) is 6.92 Å². The summed E-state index contributed by atoms with van der Waals surface area (Å²) in [6.45, 7) is 2.70. The number of hydrogen-bond donors (Lipinski definition) is 1. The fourth-order valence-corrected chi connectivity index (χ4v) is 3.15. The second-order valence-corrected chi connectivity index (χ2v) is 6.74. The molecule has 2 amide bonds. The third-order valence-electron chi connectivity index (χ3n) is 4.39. The van der Waals surface area contributed by atoms with Crippen molar-refractivity contribution < 1.29 is 9.59 Å². The number of amides is 2. The zero-order valence-corrected chi connectivity index (χ0v) is 15.0. The van der Waals surface area contributed by atoms with Gasteiger partial charge in [0.15, 0.2) is 0 Å². The van der Waals surface area contributed by atoms with Crippen molar-refractivity contribution in [1.29, 1.82) is 0 Å². The molecule has 0 aliphatic carbocycles. The Labute approximate surface area is 152 Å². The van der Waals surface area contributed by atoms with Gasteiger partial charge in [0.25, 0.3) is 0 Å². The minimum atomic E-state index is -0.0541.